The van der Waals surface area contributed by atoms with E-state index >= 15 is 0 Å². The van der Waals surface area contributed by atoms with Crippen LogP contribution in [0.2, 0.25) is 0 Å². The number of carbonyl (C=O) groups is 1. The van der Waals surface area contributed by atoms with E-state index in [9.17, 15) is 4.79 Å². The molecule has 1 aromatic carbocycles. The lowest BCUT2D eigenvalue weighted by molar-refractivity contribution is -0.121. The first kappa shape index (κ1) is 15.6. The normalized spacial score (nSPS) is 21.6. The third kappa shape index (κ3) is 2.65. The summed E-state index contributed by atoms with van der Waals surface area (Å²) in [5, 5.41) is 0. The average molecular weight is 338 g/mol. The Morgan fingerprint density at radius 3 is 2.55 bits per heavy atom. The summed E-state index contributed by atoms with van der Waals surface area (Å²) in [5.41, 5.74) is 3.38. The SMILES string of the molecule is Cc1ccc2c(c1)N(C(=O)C(C)(C)Br)C(C)(C)CC2C. The number of rotatable bonds is 1. The van der Waals surface area contributed by atoms with Crippen molar-refractivity contribution >= 4 is 27.5 Å². The molecule has 110 valence electrons. The number of halogens is 1. The van der Waals surface area contributed by atoms with Crippen LogP contribution in [0, 0.1) is 6.92 Å². The molecule has 0 fully saturated rings. The lowest BCUT2D eigenvalue weighted by atomic mass is 9.79. The highest BCUT2D eigenvalue weighted by Crippen LogP contribution is 2.45. The van der Waals surface area contributed by atoms with E-state index in [-0.39, 0.29) is 11.4 Å². The van der Waals surface area contributed by atoms with Gasteiger partial charge in [-0.25, -0.2) is 0 Å². The Labute approximate surface area is 130 Å². The predicted molar refractivity (Wildman–Crippen MR) is 88.8 cm³/mol. The molecule has 0 spiro atoms. The Kier molecular flexibility index (Phi) is 3.79. The van der Waals surface area contributed by atoms with Crippen LogP contribution in [0.1, 0.15) is 58.1 Å². The van der Waals surface area contributed by atoms with Gasteiger partial charge in [-0.15, -0.1) is 0 Å². The average Bonchev–Trinajstić information content (AvgIpc) is 2.25. The predicted octanol–water partition coefficient (Wildman–Crippen LogP) is 4.79. The van der Waals surface area contributed by atoms with Gasteiger partial charge in [0.05, 0.1) is 4.32 Å². The Morgan fingerprint density at radius 2 is 2.00 bits per heavy atom. The van der Waals surface area contributed by atoms with Crippen molar-refractivity contribution in [2.75, 3.05) is 4.90 Å². The second kappa shape index (κ2) is 4.87. The third-order valence-electron chi connectivity index (χ3n) is 4.08. The minimum Gasteiger partial charge on any atom is -0.305 e. The molecule has 1 aliphatic heterocycles. The van der Waals surface area contributed by atoms with E-state index in [0.717, 1.165) is 12.1 Å². The van der Waals surface area contributed by atoms with E-state index in [1.54, 1.807) is 0 Å². The molecule has 0 aromatic heterocycles. The molecular weight excluding hydrogens is 314 g/mol. The Bertz CT molecular complexity index is 542. The van der Waals surface area contributed by atoms with Crippen LogP contribution in [-0.2, 0) is 4.79 Å². The van der Waals surface area contributed by atoms with E-state index in [0.29, 0.717) is 5.92 Å². The zero-order valence-corrected chi connectivity index (χ0v) is 14.8. The number of aryl methyl sites for hydroxylation is 1. The first-order valence-corrected chi connectivity index (χ1v) is 7.97. The van der Waals surface area contributed by atoms with Crippen LogP contribution in [-0.4, -0.2) is 15.8 Å². The van der Waals surface area contributed by atoms with Crippen molar-refractivity contribution in [2.45, 2.75) is 63.7 Å². The van der Waals surface area contributed by atoms with Crippen LogP contribution in [0.5, 0.6) is 0 Å². The molecule has 0 saturated carbocycles. The molecule has 1 amide bonds. The van der Waals surface area contributed by atoms with E-state index in [2.05, 4.69) is 61.8 Å². The Balaban J connectivity index is 2.62. The second-order valence-electron chi connectivity index (χ2n) is 7.09. The first-order chi connectivity index (χ1) is 9.04. The molecule has 2 rings (SSSR count). The van der Waals surface area contributed by atoms with Gasteiger partial charge >= 0.3 is 0 Å². The molecule has 1 heterocycles. The van der Waals surface area contributed by atoms with Gasteiger partial charge in [0, 0.05) is 11.2 Å². The molecule has 0 N–H and O–H groups in total. The maximum absolute atomic E-state index is 12.9. The van der Waals surface area contributed by atoms with Crippen molar-refractivity contribution in [3.05, 3.63) is 29.3 Å². The van der Waals surface area contributed by atoms with Gasteiger partial charge in [0.2, 0.25) is 5.91 Å². The van der Waals surface area contributed by atoms with Gasteiger partial charge in [0.1, 0.15) is 0 Å². The molecule has 1 aromatic rings. The minimum atomic E-state index is -0.550. The summed E-state index contributed by atoms with van der Waals surface area (Å²) < 4.78 is -0.550. The van der Waals surface area contributed by atoms with Crippen LogP contribution in [0.4, 0.5) is 5.69 Å². The van der Waals surface area contributed by atoms with Gasteiger partial charge in [0.15, 0.2) is 0 Å². The van der Waals surface area contributed by atoms with E-state index < -0.39 is 4.32 Å². The molecule has 0 aliphatic carbocycles. The molecule has 20 heavy (non-hydrogen) atoms. The maximum Gasteiger partial charge on any atom is 0.243 e. The maximum atomic E-state index is 12.9. The number of hydrogen-bond acceptors (Lipinski definition) is 1. The molecule has 2 nitrogen and oxygen atoms in total. The molecule has 0 radical (unpaired) electrons. The Morgan fingerprint density at radius 1 is 1.40 bits per heavy atom. The highest BCUT2D eigenvalue weighted by atomic mass is 79.9. The Hall–Kier alpha value is -0.830. The molecular formula is C17H24BrNO. The smallest absolute Gasteiger partial charge is 0.243 e. The molecule has 3 heteroatoms. The molecule has 0 bridgehead atoms. The summed E-state index contributed by atoms with van der Waals surface area (Å²) in [7, 11) is 0. The van der Waals surface area contributed by atoms with Crippen molar-refractivity contribution < 1.29 is 4.79 Å². The summed E-state index contributed by atoms with van der Waals surface area (Å²) >= 11 is 3.53. The van der Waals surface area contributed by atoms with Crippen LogP contribution < -0.4 is 4.90 Å². The number of benzene rings is 1. The van der Waals surface area contributed by atoms with Gasteiger partial charge in [-0.1, -0.05) is 35.0 Å². The zero-order valence-electron chi connectivity index (χ0n) is 13.2. The van der Waals surface area contributed by atoms with E-state index in [4.69, 9.17) is 0 Å². The van der Waals surface area contributed by atoms with Crippen molar-refractivity contribution in [1.29, 1.82) is 0 Å². The molecule has 1 atom stereocenters. The third-order valence-corrected chi connectivity index (χ3v) is 4.42. The van der Waals surface area contributed by atoms with Gasteiger partial charge in [-0.05, 0) is 64.2 Å². The number of carbonyl (C=O) groups excluding carboxylic acids is 1. The van der Waals surface area contributed by atoms with Crippen LogP contribution in [0.15, 0.2) is 18.2 Å². The zero-order chi connectivity index (χ0) is 15.3. The number of anilines is 1. The number of fused-ring (bicyclic) bond motifs is 1. The summed E-state index contributed by atoms with van der Waals surface area (Å²) in [6.45, 7) is 12.5. The highest BCUT2D eigenvalue weighted by molar-refractivity contribution is 9.10. The molecule has 1 unspecified atom stereocenters. The van der Waals surface area contributed by atoms with Crippen LogP contribution >= 0.6 is 15.9 Å². The van der Waals surface area contributed by atoms with E-state index in [1.165, 1.54) is 11.1 Å². The first-order valence-electron chi connectivity index (χ1n) is 7.18. The van der Waals surface area contributed by atoms with Gasteiger partial charge < -0.3 is 4.90 Å². The van der Waals surface area contributed by atoms with E-state index in [1.807, 2.05) is 18.7 Å². The minimum absolute atomic E-state index is 0.126. The number of nitrogens with zero attached hydrogens (tertiary/aromatic N) is 1. The monoisotopic (exact) mass is 337 g/mol. The van der Waals surface area contributed by atoms with Gasteiger partial charge in [0.25, 0.3) is 0 Å². The highest BCUT2D eigenvalue weighted by Gasteiger charge is 2.43. The van der Waals surface area contributed by atoms with Crippen molar-refractivity contribution in [3.63, 3.8) is 0 Å². The largest absolute Gasteiger partial charge is 0.305 e. The fourth-order valence-corrected chi connectivity index (χ4v) is 3.37. The topological polar surface area (TPSA) is 20.3 Å². The van der Waals surface area contributed by atoms with Crippen molar-refractivity contribution in [3.8, 4) is 0 Å². The summed E-state index contributed by atoms with van der Waals surface area (Å²) in [6, 6.07) is 6.45. The number of hydrogen-bond donors (Lipinski definition) is 0. The second-order valence-corrected chi connectivity index (χ2v) is 9.08. The fraction of sp³-hybridized carbons (Fsp3) is 0.588. The summed E-state index contributed by atoms with van der Waals surface area (Å²) in [4.78, 5) is 14.9. The van der Waals surface area contributed by atoms with Gasteiger partial charge in [-0.3, -0.25) is 4.79 Å². The lowest BCUT2D eigenvalue weighted by Gasteiger charge is -2.47. The summed E-state index contributed by atoms with van der Waals surface area (Å²) in [6.07, 6.45) is 0.984. The van der Waals surface area contributed by atoms with Crippen molar-refractivity contribution in [1.82, 2.24) is 0 Å². The fourth-order valence-electron chi connectivity index (χ4n) is 3.19. The number of amides is 1. The lowest BCUT2D eigenvalue weighted by Crippen LogP contribution is -2.56. The summed E-state index contributed by atoms with van der Waals surface area (Å²) in [5.74, 6) is 0.601. The van der Waals surface area contributed by atoms with Crippen LogP contribution in [0.3, 0.4) is 0 Å². The molecule has 0 saturated heterocycles. The number of alkyl halides is 1. The van der Waals surface area contributed by atoms with Crippen molar-refractivity contribution in [2.24, 2.45) is 0 Å². The van der Waals surface area contributed by atoms with Crippen LogP contribution in [0.25, 0.3) is 0 Å². The quantitative estimate of drug-likeness (QED) is 0.675. The standard InChI is InChI=1S/C17H24BrNO/c1-11-7-8-13-12(2)10-16(3,4)19(14(13)9-11)15(20)17(5,6)18/h7-9,12H,10H2,1-6H3. The molecule has 1 aliphatic rings. The van der Waals surface area contributed by atoms with Gasteiger partial charge in [-0.2, -0.15) is 0 Å².